The molecule has 94 valence electrons. The third kappa shape index (κ3) is 3.11. The number of hydrogen-bond acceptors (Lipinski definition) is 3. The fraction of sp³-hybridized carbons (Fsp3) is 0.214. The molecule has 1 aromatic carbocycles. The van der Waals surface area contributed by atoms with E-state index in [0.29, 0.717) is 17.7 Å². The highest BCUT2D eigenvalue weighted by molar-refractivity contribution is 7.09. The lowest BCUT2D eigenvalue weighted by molar-refractivity contribution is 0.0954. The lowest BCUT2D eigenvalue weighted by Gasteiger charge is -2.06. The van der Waals surface area contributed by atoms with Gasteiger partial charge in [0.25, 0.3) is 5.91 Å². The summed E-state index contributed by atoms with van der Waals surface area (Å²) in [6.07, 6.45) is 0.848. The lowest BCUT2D eigenvalue weighted by Crippen LogP contribution is -2.25. The molecular formula is C14H15NO2S. The topological polar surface area (TPSA) is 49.3 Å². The summed E-state index contributed by atoms with van der Waals surface area (Å²) in [6.45, 7) is 2.40. The molecule has 0 atom stereocenters. The Morgan fingerprint density at radius 1 is 1.39 bits per heavy atom. The monoisotopic (exact) mass is 261 g/mol. The Bertz CT molecular complexity index is 535. The minimum atomic E-state index is -0.102. The first-order valence-electron chi connectivity index (χ1n) is 5.77. The maximum atomic E-state index is 11.8. The molecule has 0 spiro atoms. The zero-order valence-electron chi connectivity index (χ0n) is 10.1. The van der Waals surface area contributed by atoms with E-state index in [-0.39, 0.29) is 11.7 Å². The van der Waals surface area contributed by atoms with Crippen molar-refractivity contribution in [3.05, 3.63) is 51.7 Å². The van der Waals surface area contributed by atoms with E-state index in [9.17, 15) is 9.90 Å². The number of phenols is 1. The average Bonchev–Trinajstić information content (AvgIpc) is 2.85. The fourth-order valence-corrected chi connectivity index (χ4v) is 2.36. The predicted octanol–water partition coefficient (Wildman–Crippen LogP) is 2.73. The summed E-state index contributed by atoms with van der Waals surface area (Å²) < 4.78 is 0. The van der Waals surface area contributed by atoms with Gasteiger partial charge in [-0.25, -0.2) is 0 Å². The number of carbonyl (C=O) groups is 1. The second kappa shape index (κ2) is 5.69. The van der Waals surface area contributed by atoms with Crippen LogP contribution >= 0.6 is 11.3 Å². The van der Waals surface area contributed by atoms with Crippen molar-refractivity contribution >= 4 is 17.2 Å². The molecule has 1 heterocycles. The van der Waals surface area contributed by atoms with Crippen LogP contribution in [-0.2, 0) is 6.42 Å². The van der Waals surface area contributed by atoms with Crippen molar-refractivity contribution in [1.82, 2.24) is 5.32 Å². The third-order valence-electron chi connectivity index (χ3n) is 2.70. The van der Waals surface area contributed by atoms with Crippen LogP contribution in [-0.4, -0.2) is 17.6 Å². The molecule has 0 radical (unpaired) electrons. The highest BCUT2D eigenvalue weighted by Gasteiger charge is 2.06. The van der Waals surface area contributed by atoms with Crippen molar-refractivity contribution in [3.63, 3.8) is 0 Å². The number of carbonyl (C=O) groups excluding carboxylic acids is 1. The molecule has 4 heteroatoms. The van der Waals surface area contributed by atoms with Gasteiger partial charge in [0.2, 0.25) is 0 Å². The summed E-state index contributed by atoms with van der Waals surface area (Å²) in [7, 11) is 0. The third-order valence-corrected chi connectivity index (χ3v) is 3.63. The standard InChI is InChI=1S/C14H15NO2S/c1-10-9-11(4-5-13(10)16)14(17)15-7-6-12-3-2-8-18-12/h2-5,8-9,16H,6-7H2,1H3,(H,15,17). The van der Waals surface area contributed by atoms with Crippen molar-refractivity contribution in [2.24, 2.45) is 0 Å². The van der Waals surface area contributed by atoms with Gasteiger partial charge in [-0.1, -0.05) is 6.07 Å². The van der Waals surface area contributed by atoms with Crippen LogP contribution in [0.5, 0.6) is 5.75 Å². The molecule has 0 unspecified atom stereocenters. The van der Waals surface area contributed by atoms with Crippen LogP contribution in [0.3, 0.4) is 0 Å². The predicted molar refractivity (Wildman–Crippen MR) is 73.2 cm³/mol. The molecule has 2 rings (SSSR count). The van der Waals surface area contributed by atoms with E-state index >= 15 is 0 Å². The smallest absolute Gasteiger partial charge is 0.251 e. The van der Waals surface area contributed by atoms with Gasteiger partial charge in [-0.05, 0) is 48.6 Å². The first kappa shape index (κ1) is 12.6. The van der Waals surface area contributed by atoms with E-state index in [1.54, 1.807) is 36.5 Å². The van der Waals surface area contributed by atoms with E-state index in [4.69, 9.17) is 0 Å². The molecule has 2 N–H and O–H groups in total. The maximum absolute atomic E-state index is 11.8. The van der Waals surface area contributed by atoms with Gasteiger partial charge in [0, 0.05) is 17.0 Å². The second-order valence-electron chi connectivity index (χ2n) is 4.09. The van der Waals surface area contributed by atoms with Crippen LogP contribution in [0.25, 0.3) is 0 Å². The summed E-state index contributed by atoms with van der Waals surface area (Å²) in [5.74, 6) is 0.111. The zero-order valence-corrected chi connectivity index (χ0v) is 11.0. The number of amides is 1. The lowest BCUT2D eigenvalue weighted by atomic mass is 10.1. The molecule has 0 saturated carbocycles. The second-order valence-corrected chi connectivity index (χ2v) is 5.12. The maximum Gasteiger partial charge on any atom is 0.251 e. The Balaban J connectivity index is 1.89. The summed E-state index contributed by atoms with van der Waals surface area (Å²) >= 11 is 1.69. The van der Waals surface area contributed by atoms with Crippen LogP contribution in [0.15, 0.2) is 35.7 Å². The molecule has 0 aliphatic carbocycles. The Morgan fingerprint density at radius 3 is 2.89 bits per heavy atom. The number of aromatic hydroxyl groups is 1. The van der Waals surface area contributed by atoms with Crippen molar-refractivity contribution in [2.45, 2.75) is 13.3 Å². The van der Waals surface area contributed by atoms with Crippen LogP contribution in [0.4, 0.5) is 0 Å². The van der Waals surface area contributed by atoms with Gasteiger partial charge in [-0.2, -0.15) is 0 Å². The molecule has 2 aromatic rings. The largest absolute Gasteiger partial charge is 0.508 e. The van der Waals surface area contributed by atoms with E-state index in [1.807, 2.05) is 11.4 Å². The molecule has 1 aromatic heterocycles. The first-order valence-corrected chi connectivity index (χ1v) is 6.65. The molecule has 0 saturated heterocycles. The van der Waals surface area contributed by atoms with Gasteiger partial charge in [0.1, 0.15) is 5.75 Å². The highest BCUT2D eigenvalue weighted by atomic mass is 32.1. The van der Waals surface area contributed by atoms with Crippen molar-refractivity contribution < 1.29 is 9.90 Å². The molecule has 0 aliphatic heterocycles. The summed E-state index contributed by atoms with van der Waals surface area (Å²) in [5.41, 5.74) is 1.29. The molecule has 0 bridgehead atoms. The normalized spacial score (nSPS) is 10.3. The molecule has 0 fully saturated rings. The first-order chi connectivity index (χ1) is 8.66. The number of phenolic OH excluding ortho intramolecular Hbond substituents is 1. The minimum Gasteiger partial charge on any atom is -0.508 e. The van der Waals surface area contributed by atoms with E-state index in [0.717, 1.165) is 6.42 Å². The molecular weight excluding hydrogens is 246 g/mol. The zero-order chi connectivity index (χ0) is 13.0. The SMILES string of the molecule is Cc1cc(C(=O)NCCc2cccs2)ccc1O. The quantitative estimate of drug-likeness (QED) is 0.889. The van der Waals surface area contributed by atoms with Crippen LogP contribution in [0, 0.1) is 6.92 Å². The number of nitrogens with one attached hydrogen (secondary N) is 1. The van der Waals surface area contributed by atoms with Gasteiger partial charge in [-0.3, -0.25) is 4.79 Å². The summed E-state index contributed by atoms with van der Waals surface area (Å²) in [6, 6.07) is 8.93. The molecule has 18 heavy (non-hydrogen) atoms. The Hall–Kier alpha value is -1.81. The number of benzene rings is 1. The Morgan fingerprint density at radius 2 is 2.22 bits per heavy atom. The average molecular weight is 261 g/mol. The highest BCUT2D eigenvalue weighted by Crippen LogP contribution is 2.16. The van der Waals surface area contributed by atoms with E-state index in [2.05, 4.69) is 11.4 Å². The van der Waals surface area contributed by atoms with Crippen LogP contribution < -0.4 is 5.32 Å². The number of thiophene rings is 1. The van der Waals surface area contributed by atoms with E-state index in [1.165, 1.54) is 4.88 Å². The fourth-order valence-electron chi connectivity index (χ4n) is 1.65. The van der Waals surface area contributed by atoms with Crippen LogP contribution in [0.2, 0.25) is 0 Å². The van der Waals surface area contributed by atoms with Crippen molar-refractivity contribution in [2.75, 3.05) is 6.54 Å². The Labute approximate surface area is 110 Å². The molecule has 0 aliphatic rings. The van der Waals surface area contributed by atoms with Crippen molar-refractivity contribution in [3.8, 4) is 5.75 Å². The molecule has 3 nitrogen and oxygen atoms in total. The van der Waals surface area contributed by atoms with E-state index < -0.39 is 0 Å². The minimum absolute atomic E-state index is 0.102. The Kier molecular flexibility index (Phi) is 3.99. The number of aryl methyl sites for hydroxylation is 1. The van der Waals surface area contributed by atoms with Crippen molar-refractivity contribution in [1.29, 1.82) is 0 Å². The van der Waals surface area contributed by atoms with Gasteiger partial charge >= 0.3 is 0 Å². The van der Waals surface area contributed by atoms with Gasteiger partial charge in [0.15, 0.2) is 0 Å². The summed E-state index contributed by atoms with van der Waals surface area (Å²) in [4.78, 5) is 13.1. The number of rotatable bonds is 4. The van der Waals surface area contributed by atoms with Gasteiger partial charge in [-0.15, -0.1) is 11.3 Å². The summed E-state index contributed by atoms with van der Waals surface area (Å²) in [5, 5.41) is 14.3. The molecule has 1 amide bonds. The van der Waals surface area contributed by atoms with Crippen LogP contribution in [0.1, 0.15) is 20.8 Å². The van der Waals surface area contributed by atoms with Gasteiger partial charge in [0.05, 0.1) is 0 Å². The van der Waals surface area contributed by atoms with Gasteiger partial charge < -0.3 is 10.4 Å². The number of hydrogen-bond donors (Lipinski definition) is 2.